The van der Waals surface area contributed by atoms with Gasteiger partial charge in [0, 0.05) is 11.1 Å². The van der Waals surface area contributed by atoms with Gasteiger partial charge in [-0.15, -0.1) is 11.3 Å². The Morgan fingerprint density at radius 1 is 1.33 bits per heavy atom. The van der Waals surface area contributed by atoms with Gasteiger partial charge < -0.3 is 5.11 Å². The molecule has 0 bridgehead atoms. The first-order valence-corrected chi connectivity index (χ1v) is 6.13. The van der Waals surface area contributed by atoms with E-state index >= 15 is 0 Å². The van der Waals surface area contributed by atoms with Gasteiger partial charge in [0.1, 0.15) is 9.88 Å². The minimum absolute atomic E-state index is 0.0245. The maximum absolute atomic E-state index is 11.3. The van der Waals surface area contributed by atoms with Crippen LogP contribution in [0.25, 0.3) is 10.6 Å². The van der Waals surface area contributed by atoms with Gasteiger partial charge in [-0.05, 0) is 19.9 Å². The summed E-state index contributed by atoms with van der Waals surface area (Å²) in [6, 6.07) is 7.04. The summed E-state index contributed by atoms with van der Waals surface area (Å²) in [7, 11) is 0. The summed E-state index contributed by atoms with van der Waals surface area (Å²) >= 11 is 1.12. The third kappa shape index (κ3) is 2.31. The third-order valence-electron chi connectivity index (χ3n) is 2.51. The van der Waals surface area contributed by atoms with E-state index < -0.39 is 5.97 Å². The maximum Gasteiger partial charge on any atom is 0.347 e. The first kappa shape index (κ1) is 12.4. The van der Waals surface area contributed by atoms with Crippen LogP contribution in [-0.2, 0) is 0 Å². The van der Waals surface area contributed by atoms with Crippen molar-refractivity contribution in [3.63, 3.8) is 0 Å². The van der Waals surface area contributed by atoms with Crippen LogP contribution in [0, 0.1) is 6.92 Å². The highest BCUT2D eigenvalue weighted by molar-refractivity contribution is 7.17. The van der Waals surface area contributed by atoms with Crippen molar-refractivity contribution < 1.29 is 14.7 Å². The Balaban J connectivity index is 2.49. The second-order valence-electron chi connectivity index (χ2n) is 3.88. The number of ketones is 1. The van der Waals surface area contributed by atoms with Crippen molar-refractivity contribution in [2.75, 3.05) is 0 Å². The number of aryl methyl sites for hydroxylation is 1. The van der Waals surface area contributed by atoms with Crippen LogP contribution >= 0.6 is 11.3 Å². The van der Waals surface area contributed by atoms with Crippen LogP contribution in [0.15, 0.2) is 24.3 Å². The average Bonchev–Trinajstić information content (AvgIpc) is 2.71. The largest absolute Gasteiger partial charge is 0.477 e. The summed E-state index contributed by atoms with van der Waals surface area (Å²) < 4.78 is 0. The Morgan fingerprint density at radius 3 is 2.61 bits per heavy atom. The van der Waals surface area contributed by atoms with E-state index in [0.29, 0.717) is 16.3 Å². The van der Waals surface area contributed by atoms with Gasteiger partial charge in [0.05, 0.1) is 5.69 Å². The van der Waals surface area contributed by atoms with Crippen LogP contribution in [0.2, 0.25) is 0 Å². The molecule has 0 atom stereocenters. The Labute approximate surface area is 108 Å². The highest BCUT2D eigenvalue weighted by atomic mass is 32.1. The number of thiazole rings is 1. The molecule has 0 spiro atoms. The number of carboxylic acids is 1. The van der Waals surface area contributed by atoms with E-state index in [-0.39, 0.29) is 10.7 Å². The molecule has 0 amide bonds. The number of carboxylic acid groups (broad SMARTS) is 1. The Kier molecular flexibility index (Phi) is 3.25. The van der Waals surface area contributed by atoms with Crippen molar-refractivity contribution >= 4 is 23.1 Å². The normalized spacial score (nSPS) is 10.3. The van der Waals surface area contributed by atoms with Crippen molar-refractivity contribution in [3.05, 3.63) is 40.4 Å². The van der Waals surface area contributed by atoms with Crippen molar-refractivity contribution in [1.29, 1.82) is 0 Å². The molecule has 0 aliphatic rings. The number of aromatic nitrogens is 1. The zero-order valence-corrected chi connectivity index (χ0v) is 10.7. The van der Waals surface area contributed by atoms with E-state index in [1.807, 2.05) is 6.07 Å². The standard InChI is InChI=1S/C13H11NO3S/c1-7-11(13(16)17)18-12(14-7)10-5-3-4-9(6-10)8(2)15/h3-6H,1-2H3,(H,16,17). The number of hydrogen-bond donors (Lipinski definition) is 1. The zero-order chi connectivity index (χ0) is 13.3. The van der Waals surface area contributed by atoms with Gasteiger partial charge >= 0.3 is 5.97 Å². The average molecular weight is 261 g/mol. The predicted molar refractivity (Wildman–Crippen MR) is 69.3 cm³/mol. The molecule has 1 N–H and O–H groups in total. The smallest absolute Gasteiger partial charge is 0.347 e. The van der Waals surface area contributed by atoms with Crippen LogP contribution in [-0.4, -0.2) is 21.8 Å². The predicted octanol–water partition coefficient (Wildman–Crippen LogP) is 3.02. The molecule has 1 heterocycles. The second-order valence-corrected chi connectivity index (χ2v) is 4.87. The van der Waals surface area contributed by atoms with Crippen molar-refractivity contribution in [2.24, 2.45) is 0 Å². The van der Waals surface area contributed by atoms with Crippen LogP contribution in [0.3, 0.4) is 0 Å². The van der Waals surface area contributed by atoms with E-state index in [1.165, 1.54) is 6.92 Å². The SMILES string of the molecule is CC(=O)c1cccc(-c2nc(C)c(C(=O)O)s2)c1. The number of carbonyl (C=O) groups is 2. The lowest BCUT2D eigenvalue weighted by Crippen LogP contribution is -1.94. The molecule has 1 aromatic carbocycles. The highest BCUT2D eigenvalue weighted by Gasteiger charge is 2.15. The lowest BCUT2D eigenvalue weighted by Gasteiger charge is -1.99. The Morgan fingerprint density at radius 2 is 2.06 bits per heavy atom. The minimum Gasteiger partial charge on any atom is -0.477 e. The molecule has 2 aromatic rings. The number of aromatic carboxylic acids is 1. The topological polar surface area (TPSA) is 67.3 Å². The van der Waals surface area contributed by atoms with E-state index in [1.54, 1.807) is 25.1 Å². The monoisotopic (exact) mass is 261 g/mol. The number of nitrogens with zero attached hydrogens (tertiary/aromatic N) is 1. The molecule has 4 nitrogen and oxygen atoms in total. The third-order valence-corrected chi connectivity index (χ3v) is 3.70. The molecule has 18 heavy (non-hydrogen) atoms. The molecule has 0 saturated carbocycles. The highest BCUT2D eigenvalue weighted by Crippen LogP contribution is 2.28. The number of benzene rings is 1. The molecule has 0 saturated heterocycles. The van der Waals surface area contributed by atoms with Crippen molar-refractivity contribution in [3.8, 4) is 10.6 Å². The van der Waals surface area contributed by atoms with Gasteiger partial charge in [-0.1, -0.05) is 18.2 Å². The van der Waals surface area contributed by atoms with Crippen LogP contribution in [0.4, 0.5) is 0 Å². The molecule has 0 aliphatic carbocycles. The minimum atomic E-state index is -0.973. The zero-order valence-electron chi connectivity index (χ0n) is 9.93. The molecule has 1 aromatic heterocycles. The van der Waals surface area contributed by atoms with Gasteiger partial charge in [0.15, 0.2) is 5.78 Å². The van der Waals surface area contributed by atoms with Gasteiger partial charge in [0.25, 0.3) is 0 Å². The fourth-order valence-electron chi connectivity index (χ4n) is 1.59. The number of rotatable bonds is 3. The quantitative estimate of drug-likeness (QED) is 0.862. The van der Waals surface area contributed by atoms with Gasteiger partial charge in [-0.3, -0.25) is 4.79 Å². The lowest BCUT2D eigenvalue weighted by atomic mass is 10.1. The molecule has 0 aliphatic heterocycles. The van der Waals surface area contributed by atoms with E-state index in [2.05, 4.69) is 4.98 Å². The summed E-state index contributed by atoms with van der Waals surface area (Å²) in [6.45, 7) is 3.16. The fraction of sp³-hybridized carbons (Fsp3) is 0.154. The van der Waals surface area contributed by atoms with Gasteiger partial charge in [0.2, 0.25) is 0 Å². The fourth-order valence-corrected chi connectivity index (χ4v) is 2.49. The summed E-state index contributed by atoms with van der Waals surface area (Å²) in [5, 5.41) is 9.60. The first-order chi connectivity index (χ1) is 8.49. The molecule has 0 unspecified atom stereocenters. The number of Topliss-reactive ketones (excluding diaryl/α,β-unsaturated/α-hetero) is 1. The molecule has 0 radical (unpaired) electrons. The van der Waals surface area contributed by atoms with Crippen LogP contribution in [0.1, 0.15) is 32.6 Å². The molecular formula is C13H11NO3S. The first-order valence-electron chi connectivity index (χ1n) is 5.31. The van der Waals surface area contributed by atoms with Crippen molar-refractivity contribution in [2.45, 2.75) is 13.8 Å². The molecule has 92 valence electrons. The van der Waals surface area contributed by atoms with E-state index in [0.717, 1.165) is 16.9 Å². The van der Waals surface area contributed by atoms with Gasteiger partial charge in [-0.2, -0.15) is 0 Å². The van der Waals surface area contributed by atoms with E-state index in [4.69, 9.17) is 5.11 Å². The van der Waals surface area contributed by atoms with Gasteiger partial charge in [-0.25, -0.2) is 9.78 Å². The Bertz CT molecular complexity index is 631. The maximum atomic E-state index is 11.3. The molecule has 2 rings (SSSR count). The molecule has 0 fully saturated rings. The molecular weight excluding hydrogens is 250 g/mol. The summed E-state index contributed by atoms with van der Waals surface area (Å²) in [4.78, 5) is 26.7. The number of hydrogen-bond acceptors (Lipinski definition) is 4. The summed E-state index contributed by atoms with van der Waals surface area (Å²) in [5.41, 5.74) is 1.86. The second kappa shape index (κ2) is 4.70. The summed E-state index contributed by atoms with van der Waals surface area (Å²) in [6.07, 6.45) is 0. The van der Waals surface area contributed by atoms with Crippen molar-refractivity contribution in [1.82, 2.24) is 4.98 Å². The van der Waals surface area contributed by atoms with Crippen LogP contribution < -0.4 is 0 Å². The van der Waals surface area contributed by atoms with E-state index in [9.17, 15) is 9.59 Å². The number of carbonyl (C=O) groups excluding carboxylic acids is 1. The Hall–Kier alpha value is -2.01. The van der Waals surface area contributed by atoms with Crippen LogP contribution in [0.5, 0.6) is 0 Å². The lowest BCUT2D eigenvalue weighted by molar-refractivity contribution is 0.0701. The molecule has 5 heteroatoms. The summed E-state index contributed by atoms with van der Waals surface area (Å²) in [5.74, 6) is -0.998.